The average Bonchev–Trinajstić information content (AvgIpc) is 2.40. The highest BCUT2D eigenvalue weighted by molar-refractivity contribution is 5.82. The highest BCUT2D eigenvalue weighted by atomic mass is 16.1. The normalized spacial score (nSPS) is 10.3. The van der Waals surface area contributed by atoms with Crippen LogP contribution >= 0.6 is 0 Å². The van der Waals surface area contributed by atoms with Crippen LogP contribution in [0, 0.1) is 0 Å². The summed E-state index contributed by atoms with van der Waals surface area (Å²) in [4.78, 5) is 20.3. The van der Waals surface area contributed by atoms with E-state index in [1.807, 2.05) is 36.5 Å². The largest absolute Gasteiger partial charge is 0.299 e. The third kappa shape index (κ3) is 3.48. The van der Waals surface area contributed by atoms with Gasteiger partial charge in [0.05, 0.1) is 0 Å². The highest BCUT2D eigenvalue weighted by Gasteiger charge is 2.06. The molecule has 0 saturated carbocycles. The lowest BCUT2D eigenvalue weighted by Crippen LogP contribution is -2.08. The van der Waals surface area contributed by atoms with Crippen LogP contribution in [0.5, 0.6) is 0 Å². The van der Waals surface area contributed by atoms with Crippen LogP contribution in [0.25, 0.3) is 0 Å². The fourth-order valence-electron chi connectivity index (χ4n) is 1.74. The van der Waals surface area contributed by atoms with Crippen molar-refractivity contribution in [1.82, 2.24) is 9.97 Å². The van der Waals surface area contributed by atoms with Gasteiger partial charge in [0.15, 0.2) is 0 Å². The van der Waals surface area contributed by atoms with Gasteiger partial charge in [-0.15, -0.1) is 0 Å². The van der Waals surface area contributed by atoms with E-state index in [0.717, 1.165) is 17.8 Å². The van der Waals surface area contributed by atoms with Gasteiger partial charge in [0, 0.05) is 36.6 Å². The lowest BCUT2D eigenvalue weighted by Gasteiger charge is -2.02. The maximum absolute atomic E-state index is 11.9. The number of ketones is 1. The molecule has 3 heteroatoms. The van der Waals surface area contributed by atoms with Gasteiger partial charge in [0.2, 0.25) is 0 Å². The van der Waals surface area contributed by atoms with Gasteiger partial charge in [-0.2, -0.15) is 0 Å². The van der Waals surface area contributed by atoms with E-state index in [4.69, 9.17) is 0 Å². The number of pyridine rings is 2. The molecule has 0 unspecified atom stereocenters. The summed E-state index contributed by atoms with van der Waals surface area (Å²) in [6.45, 7) is 2.09. The predicted octanol–water partition coefficient (Wildman–Crippen LogP) is 2.39. The molecule has 0 spiro atoms. The average molecular weight is 240 g/mol. The first-order chi connectivity index (χ1) is 8.78. The maximum Gasteiger partial charge on any atom is 0.144 e. The molecule has 92 valence electrons. The van der Waals surface area contributed by atoms with Gasteiger partial charge in [-0.05, 0) is 30.2 Å². The Balaban J connectivity index is 1.94. The van der Waals surface area contributed by atoms with E-state index in [0.29, 0.717) is 12.8 Å². The lowest BCUT2D eigenvalue weighted by atomic mass is 10.1. The minimum absolute atomic E-state index is 0.144. The van der Waals surface area contributed by atoms with Crippen LogP contribution < -0.4 is 0 Å². The molecule has 0 radical (unpaired) electrons. The third-order valence-corrected chi connectivity index (χ3v) is 2.78. The Labute approximate surface area is 107 Å². The smallest absolute Gasteiger partial charge is 0.144 e. The molecule has 0 fully saturated rings. The molecule has 0 amide bonds. The van der Waals surface area contributed by atoms with E-state index in [1.54, 1.807) is 6.20 Å². The first-order valence-electron chi connectivity index (χ1n) is 6.13. The molecule has 3 nitrogen and oxygen atoms in total. The minimum atomic E-state index is 0.144. The second-order valence-corrected chi connectivity index (χ2v) is 4.22. The second kappa shape index (κ2) is 6.05. The third-order valence-electron chi connectivity index (χ3n) is 2.78. The van der Waals surface area contributed by atoms with Gasteiger partial charge in [-0.1, -0.05) is 19.1 Å². The van der Waals surface area contributed by atoms with Crippen molar-refractivity contribution >= 4 is 5.78 Å². The summed E-state index contributed by atoms with van der Waals surface area (Å²) in [5, 5.41) is 0. The molecular formula is C15H16N2O. The van der Waals surface area contributed by atoms with Crippen molar-refractivity contribution < 1.29 is 4.79 Å². The van der Waals surface area contributed by atoms with Gasteiger partial charge in [-0.25, -0.2) is 0 Å². The quantitative estimate of drug-likeness (QED) is 0.806. The van der Waals surface area contributed by atoms with E-state index >= 15 is 0 Å². The second-order valence-electron chi connectivity index (χ2n) is 4.22. The predicted molar refractivity (Wildman–Crippen MR) is 70.3 cm³/mol. The van der Waals surface area contributed by atoms with Crippen molar-refractivity contribution in [2.75, 3.05) is 0 Å². The number of carbonyl (C=O) groups is 1. The highest BCUT2D eigenvalue weighted by Crippen LogP contribution is 2.04. The van der Waals surface area contributed by atoms with Crippen molar-refractivity contribution in [2.24, 2.45) is 0 Å². The molecule has 0 aliphatic carbocycles. The summed E-state index contributed by atoms with van der Waals surface area (Å²) in [5.74, 6) is 0.144. The molecular weight excluding hydrogens is 224 g/mol. The van der Waals surface area contributed by atoms with Crippen LogP contribution in [-0.2, 0) is 24.1 Å². The number of aromatic nitrogens is 2. The van der Waals surface area contributed by atoms with Gasteiger partial charge >= 0.3 is 0 Å². The Morgan fingerprint density at radius 1 is 1.06 bits per heavy atom. The van der Waals surface area contributed by atoms with Crippen molar-refractivity contribution in [1.29, 1.82) is 0 Å². The Bertz CT molecular complexity index is 506. The van der Waals surface area contributed by atoms with Crippen LogP contribution in [0.2, 0.25) is 0 Å². The van der Waals surface area contributed by atoms with Crippen molar-refractivity contribution in [3.8, 4) is 0 Å². The van der Waals surface area contributed by atoms with Crippen LogP contribution in [0.4, 0.5) is 0 Å². The number of hydrogen-bond acceptors (Lipinski definition) is 3. The zero-order valence-electron chi connectivity index (χ0n) is 10.5. The Kier molecular flexibility index (Phi) is 4.18. The molecule has 0 atom stereocenters. The zero-order chi connectivity index (χ0) is 12.8. The SMILES string of the molecule is CCc1ccc(CC(=O)Cc2ccccn2)nc1. The van der Waals surface area contributed by atoms with Gasteiger partial charge in [0.25, 0.3) is 0 Å². The topological polar surface area (TPSA) is 42.9 Å². The van der Waals surface area contributed by atoms with Gasteiger partial charge < -0.3 is 0 Å². The summed E-state index contributed by atoms with van der Waals surface area (Å²) >= 11 is 0. The Morgan fingerprint density at radius 3 is 2.39 bits per heavy atom. The number of aryl methyl sites for hydroxylation is 1. The fourth-order valence-corrected chi connectivity index (χ4v) is 1.74. The molecule has 0 aliphatic heterocycles. The van der Waals surface area contributed by atoms with Crippen molar-refractivity contribution in [3.05, 3.63) is 59.7 Å². The molecule has 2 rings (SSSR count). The lowest BCUT2D eigenvalue weighted by molar-refractivity contribution is -0.117. The Hall–Kier alpha value is -2.03. The number of hydrogen-bond donors (Lipinski definition) is 0. The summed E-state index contributed by atoms with van der Waals surface area (Å²) in [5.41, 5.74) is 2.83. The van der Waals surface area contributed by atoms with Crippen molar-refractivity contribution in [3.63, 3.8) is 0 Å². The Morgan fingerprint density at radius 2 is 1.83 bits per heavy atom. The van der Waals surface area contributed by atoms with E-state index in [1.165, 1.54) is 5.56 Å². The first kappa shape index (κ1) is 12.4. The van der Waals surface area contributed by atoms with Crippen molar-refractivity contribution in [2.45, 2.75) is 26.2 Å². The fraction of sp³-hybridized carbons (Fsp3) is 0.267. The summed E-state index contributed by atoms with van der Waals surface area (Å²) in [7, 11) is 0. The summed E-state index contributed by atoms with van der Waals surface area (Å²) in [6.07, 6.45) is 5.26. The molecule has 2 aromatic rings. The molecule has 0 aromatic carbocycles. The maximum atomic E-state index is 11.9. The van der Waals surface area contributed by atoms with Crippen LogP contribution in [0.1, 0.15) is 23.9 Å². The molecule has 2 heterocycles. The molecule has 0 N–H and O–H groups in total. The number of nitrogens with zero attached hydrogens (tertiary/aromatic N) is 2. The zero-order valence-corrected chi connectivity index (χ0v) is 10.5. The summed E-state index contributed by atoms with van der Waals surface area (Å²) < 4.78 is 0. The molecule has 0 aliphatic rings. The van der Waals surface area contributed by atoms with Crippen LogP contribution in [0.3, 0.4) is 0 Å². The monoisotopic (exact) mass is 240 g/mol. The number of rotatable bonds is 5. The van der Waals surface area contributed by atoms with E-state index < -0.39 is 0 Å². The minimum Gasteiger partial charge on any atom is -0.299 e. The molecule has 2 aromatic heterocycles. The number of Topliss-reactive ketones (excluding diaryl/α,β-unsaturated/α-hetero) is 1. The standard InChI is InChI=1S/C15H16N2O/c1-2-12-6-7-14(17-11-12)10-15(18)9-13-5-3-4-8-16-13/h3-8,11H,2,9-10H2,1H3. The van der Waals surface area contributed by atoms with E-state index in [-0.39, 0.29) is 5.78 Å². The van der Waals surface area contributed by atoms with E-state index in [9.17, 15) is 4.79 Å². The first-order valence-corrected chi connectivity index (χ1v) is 6.13. The van der Waals surface area contributed by atoms with Crippen LogP contribution in [-0.4, -0.2) is 15.8 Å². The van der Waals surface area contributed by atoms with Gasteiger partial charge in [0.1, 0.15) is 5.78 Å². The van der Waals surface area contributed by atoms with E-state index in [2.05, 4.69) is 16.9 Å². The molecule has 0 bridgehead atoms. The molecule has 18 heavy (non-hydrogen) atoms. The summed E-state index contributed by atoms with van der Waals surface area (Å²) in [6, 6.07) is 9.56. The molecule has 0 saturated heterocycles. The van der Waals surface area contributed by atoms with Crippen LogP contribution in [0.15, 0.2) is 42.7 Å². The van der Waals surface area contributed by atoms with Gasteiger partial charge in [-0.3, -0.25) is 14.8 Å². The number of carbonyl (C=O) groups excluding carboxylic acids is 1.